The lowest BCUT2D eigenvalue weighted by molar-refractivity contribution is -0.385. The molecule has 0 aliphatic rings. The van der Waals surface area contributed by atoms with Gasteiger partial charge in [-0.15, -0.1) is 0 Å². The molecule has 1 N–H and O–H groups in total. The van der Waals surface area contributed by atoms with E-state index in [1.165, 1.54) is 16.5 Å². The molecule has 0 atom stereocenters. The lowest BCUT2D eigenvalue weighted by atomic mass is 10.1. The minimum Gasteiger partial charge on any atom is -0.504 e. The lowest BCUT2D eigenvalue weighted by Crippen LogP contribution is -2.22. The van der Waals surface area contributed by atoms with Gasteiger partial charge in [0.25, 0.3) is 11.2 Å². The Kier molecular flexibility index (Phi) is 4.00. The van der Waals surface area contributed by atoms with E-state index >= 15 is 0 Å². The third kappa shape index (κ3) is 2.77. The van der Waals surface area contributed by atoms with Crippen LogP contribution >= 0.6 is 11.3 Å². The van der Waals surface area contributed by atoms with Crippen LogP contribution in [0.15, 0.2) is 41.2 Å². The second-order valence-corrected chi connectivity index (χ2v) is 6.72. The standard InChI is InChI=1S/C18H13N3O5S/c1-2-26-14-9-11(21(24)25)7-10(16(14)22)8-15-17(23)20-13-6-4-3-5-12(13)19-18(20)27-15/h3-9,22H,2H2,1H3. The summed E-state index contributed by atoms with van der Waals surface area (Å²) in [4.78, 5) is 28.3. The number of aromatic hydroxyl groups is 1. The normalized spacial score (nSPS) is 12.1. The largest absolute Gasteiger partial charge is 0.504 e. The van der Waals surface area contributed by atoms with E-state index in [1.807, 2.05) is 18.2 Å². The number of nitro benzene ring substituents is 1. The molecule has 0 saturated carbocycles. The summed E-state index contributed by atoms with van der Waals surface area (Å²) in [7, 11) is 0. The monoisotopic (exact) mass is 383 g/mol. The fraction of sp³-hybridized carbons (Fsp3) is 0.111. The van der Waals surface area contributed by atoms with Gasteiger partial charge in [0, 0.05) is 11.6 Å². The summed E-state index contributed by atoms with van der Waals surface area (Å²) < 4.78 is 7.07. The molecule has 4 aromatic rings. The Morgan fingerprint density at radius 3 is 2.89 bits per heavy atom. The van der Waals surface area contributed by atoms with Crippen LogP contribution in [0.2, 0.25) is 0 Å². The number of phenols is 1. The van der Waals surface area contributed by atoms with Gasteiger partial charge in [0.05, 0.1) is 33.2 Å². The van der Waals surface area contributed by atoms with Gasteiger partial charge in [-0.2, -0.15) is 0 Å². The zero-order chi connectivity index (χ0) is 19.1. The van der Waals surface area contributed by atoms with Crippen LogP contribution in [0.3, 0.4) is 0 Å². The Morgan fingerprint density at radius 1 is 1.37 bits per heavy atom. The predicted molar refractivity (Wildman–Crippen MR) is 102 cm³/mol. The summed E-state index contributed by atoms with van der Waals surface area (Å²) in [6.45, 7) is 1.94. The number of nitro groups is 1. The number of fused-ring (bicyclic) bond motifs is 3. The number of thiazole rings is 1. The number of hydrogen-bond donors (Lipinski definition) is 1. The number of imidazole rings is 1. The fourth-order valence-corrected chi connectivity index (χ4v) is 3.83. The lowest BCUT2D eigenvalue weighted by Gasteiger charge is -2.07. The van der Waals surface area contributed by atoms with E-state index in [2.05, 4.69) is 4.98 Å². The highest BCUT2D eigenvalue weighted by Crippen LogP contribution is 2.35. The molecular weight excluding hydrogens is 370 g/mol. The van der Waals surface area contributed by atoms with Gasteiger partial charge >= 0.3 is 0 Å². The second-order valence-electron chi connectivity index (χ2n) is 5.71. The number of nitrogens with zero attached hydrogens (tertiary/aromatic N) is 3. The average Bonchev–Trinajstić information content (AvgIpc) is 3.15. The summed E-state index contributed by atoms with van der Waals surface area (Å²) in [6.07, 6.45) is 1.42. The molecule has 0 aliphatic carbocycles. The van der Waals surface area contributed by atoms with E-state index < -0.39 is 4.92 Å². The molecule has 2 heterocycles. The van der Waals surface area contributed by atoms with Gasteiger partial charge in [-0.1, -0.05) is 23.5 Å². The Labute approximate surface area is 155 Å². The van der Waals surface area contributed by atoms with Crippen molar-refractivity contribution < 1.29 is 14.8 Å². The fourth-order valence-electron chi connectivity index (χ4n) is 2.85. The van der Waals surface area contributed by atoms with Crippen LogP contribution in [-0.2, 0) is 0 Å². The number of phenolic OH excluding ortho intramolecular Hbond substituents is 1. The number of ether oxygens (including phenoxy) is 1. The van der Waals surface area contributed by atoms with Crippen molar-refractivity contribution in [3.8, 4) is 11.5 Å². The van der Waals surface area contributed by atoms with Crippen LogP contribution in [0.4, 0.5) is 5.69 Å². The first-order valence-corrected chi connectivity index (χ1v) is 8.87. The third-order valence-electron chi connectivity index (χ3n) is 4.03. The maximum absolute atomic E-state index is 12.8. The first kappa shape index (κ1) is 17.0. The molecule has 0 saturated heterocycles. The SMILES string of the molecule is CCOc1cc([N+](=O)[O-])cc(C=c2sc3nc4ccccc4n3c2=O)c1O. The van der Waals surface area contributed by atoms with Gasteiger partial charge < -0.3 is 9.84 Å². The van der Waals surface area contributed by atoms with Crippen LogP contribution in [0.5, 0.6) is 11.5 Å². The summed E-state index contributed by atoms with van der Waals surface area (Å²) in [5.41, 5.74) is 1.00. The molecule has 0 fully saturated rings. The zero-order valence-corrected chi connectivity index (χ0v) is 14.9. The van der Waals surface area contributed by atoms with E-state index in [-0.39, 0.29) is 34.9 Å². The van der Waals surface area contributed by atoms with Crippen LogP contribution in [0.25, 0.3) is 22.1 Å². The maximum atomic E-state index is 12.8. The molecule has 0 radical (unpaired) electrons. The maximum Gasteiger partial charge on any atom is 0.274 e. The second kappa shape index (κ2) is 6.36. The highest BCUT2D eigenvalue weighted by Gasteiger charge is 2.17. The van der Waals surface area contributed by atoms with Crippen molar-refractivity contribution in [3.05, 3.63) is 67.0 Å². The number of rotatable bonds is 4. The van der Waals surface area contributed by atoms with Gasteiger partial charge in [0.15, 0.2) is 16.5 Å². The van der Waals surface area contributed by atoms with Crippen molar-refractivity contribution in [1.82, 2.24) is 9.38 Å². The Morgan fingerprint density at radius 2 is 2.15 bits per heavy atom. The molecule has 0 spiro atoms. The van der Waals surface area contributed by atoms with E-state index in [0.29, 0.717) is 20.5 Å². The van der Waals surface area contributed by atoms with Crippen molar-refractivity contribution in [2.45, 2.75) is 6.92 Å². The van der Waals surface area contributed by atoms with Gasteiger partial charge in [-0.3, -0.25) is 14.9 Å². The van der Waals surface area contributed by atoms with Crippen LogP contribution in [-0.4, -0.2) is 26.0 Å². The number of para-hydroxylation sites is 2. The molecule has 27 heavy (non-hydrogen) atoms. The van der Waals surface area contributed by atoms with E-state index in [9.17, 15) is 20.0 Å². The molecule has 136 valence electrons. The molecule has 2 aromatic heterocycles. The van der Waals surface area contributed by atoms with Gasteiger partial charge in [0.1, 0.15) is 0 Å². The molecular formula is C18H13N3O5S. The number of benzene rings is 2. The summed E-state index contributed by atoms with van der Waals surface area (Å²) in [5, 5.41) is 21.5. The molecule has 2 aromatic carbocycles. The molecule has 0 aliphatic heterocycles. The minimum absolute atomic E-state index is 0.00261. The smallest absolute Gasteiger partial charge is 0.274 e. The van der Waals surface area contributed by atoms with Crippen molar-refractivity contribution >= 4 is 39.1 Å². The van der Waals surface area contributed by atoms with Crippen LogP contribution in [0.1, 0.15) is 12.5 Å². The number of aromatic nitrogens is 2. The van der Waals surface area contributed by atoms with Crippen molar-refractivity contribution in [2.24, 2.45) is 0 Å². The van der Waals surface area contributed by atoms with Gasteiger partial charge in [0.2, 0.25) is 0 Å². The Hall–Kier alpha value is -3.46. The Balaban J connectivity index is 1.97. The van der Waals surface area contributed by atoms with Crippen molar-refractivity contribution in [3.63, 3.8) is 0 Å². The first-order valence-electron chi connectivity index (χ1n) is 8.05. The molecule has 8 nitrogen and oxygen atoms in total. The number of hydrogen-bond acceptors (Lipinski definition) is 7. The first-order chi connectivity index (χ1) is 13.0. The van der Waals surface area contributed by atoms with Gasteiger partial charge in [-0.05, 0) is 25.1 Å². The zero-order valence-electron chi connectivity index (χ0n) is 14.1. The van der Waals surface area contributed by atoms with E-state index in [0.717, 1.165) is 17.4 Å². The quantitative estimate of drug-likeness (QED) is 0.429. The predicted octanol–water partition coefficient (Wildman–Crippen LogP) is 2.47. The third-order valence-corrected chi connectivity index (χ3v) is 5.00. The van der Waals surface area contributed by atoms with Crippen LogP contribution in [0, 0.1) is 10.1 Å². The minimum atomic E-state index is -0.577. The summed E-state index contributed by atoms with van der Waals surface area (Å²) in [6, 6.07) is 9.63. The van der Waals surface area contributed by atoms with Gasteiger partial charge in [-0.25, -0.2) is 9.38 Å². The Bertz CT molecular complexity index is 1310. The van der Waals surface area contributed by atoms with E-state index in [4.69, 9.17) is 4.74 Å². The van der Waals surface area contributed by atoms with Crippen molar-refractivity contribution in [2.75, 3.05) is 6.61 Å². The number of non-ortho nitro benzene ring substituents is 1. The molecule has 0 bridgehead atoms. The van der Waals surface area contributed by atoms with E-state index in [1.54, 1.807) is 13.0 Å². The van der Waals surface area contributed by atoms with Crippen molar-refractivity contribution in [1.29, 1.82) is 0 Å². The average molecular weight is 383 g/mol. The molecule has 0 amide bonds. The summed E-state index contributed by atoms with van der Waals surface area (Å²) in [5.74, 6) is -0.255. The molecule has 9 heteroatoms. The molecule has 0 unspecified atom stereocenters. The highest BCUT2D eigenvalue weighted by atomic mass is 32.1. The molecule has 4 rings (SSSR count). The summed E-state index contributed by atoms with van der Waals surface area (Å²) >= 11 is 1.15. The highest BCUT2D eigenvalue weighted by molar-refractivity contribution is 7.15. The van der Waals surface area contributed by atoms with Crippen LogP contribution < -0.4 is 14.8 Å². The topological polar surface area (TPSA) is 107 Å².